The van der Waals surface area contributed by atoms with Crippen LogP contribution in [-0.2, 0) is 0 Å². The van der Waals surface area contributed by atoms with E-state index in [1.807, 2.05) is 25.6 Å². The first-order valence-corrected chi connectivity index (χ1v) is 8.35. The molecule has 0 amide bonds. The quantitative estimate of drug-likeness (QED) is 0.788. The summed E-state index contributed by atoms with van der Waals surface area (Å²) in [5.41, 5.74) is 0. The Kier molecular flexibility index (Phi) is 7.18. The molecule has 4 nitrogen and oxygen atoms in total. The van der Waals surface area contributed by atoms with Crippen LogP contribution in [0, 0.1) is 5.92 Å². The number of fused-ring (bicyclic) bond motifs is 1. The predicted molar refractivity (Wildman–Crippen MR) is 85.6 cm³/mol. The maximum atomic E-state index is 9.33. The number of rotatable bonds is 3. The van der Waals surface area contributed by atoms with Crippen molar-refractivity contribution in [3.8, 4) is 0 Å². The van der Waals surface area contributed by atoms with Crippen LogP contribution in [0.15, 0.2) is 9.98 Å². The maximum Gasteiger partial charge on any atom is 0.196 e. The zero-order chi connectivity index (χ0) is 14.4. The molecular formula is C13H24ClN3OS. The van der Waals surface area contributed by atoms with E-state index < -0.39 is 0 Å². The SMILES string of the molecule is CC.CC(C)C(CO)N=C1NC(Cl)=NC2CCSC12. The van der Waals surface area contributed by atoms with Gasteiger partial charge in [-0.2, -0.15) is 0 Å². The third kappa shape index (κ3) is 4.36. The van der Waals surface area contributed by atoms with Crippen LogP contribution < -0.4 is 5.32 Å². The summed E-state index contributed by atoms with van der Waals surface area (Å²) in [6.45, 7) is 8.19. The average molecular weight is 306 g/mol. The lowest BCUT2D eigenvalue weighted by atomic mass is 10.1. The van der Waals surface area contributed by atoms with Crippen LogP contribution in [0.1, 0.15) is 34.1 Å². The van der Waals surface area contributed by atoms with E-state index in [4.69, 9.17) is 11.6 Å². The van der Waals surface area contributed by atoms with Crippen molar-refractivity contribution in [1.82, 2.24) is 5.32 Å². The molecule has 0 aliphatic carbocycles. The molecule has 2 heterocycles. The first kappa shape index (κ1) is 16.8. The average Bonchev–Trinajstić information content (AvgIpc) is 2.85. The summed E-state index contributed by atoms with van der Waals surface area (Å²) in [5.74, 6) is 2.29. The highest BCUT2D eigenvalue weighted by atomic mass is 35.5. The Balaban J connectivity index is 0.000000861. The first-order valence-electron chi connectivity index (χ1n) is 6.92. The molecule has 0 spiro atoms. The van der Waals surface area contributed by atoms with Gasteiger partial charge >= 0.3 is 0 Å². The standard InChI is InChI=1S/C11H18ClN3OS.C2H6/c1-6(2)8(5-16)13-10-9-7(3-4-17-9)14-11(12)15-10;1-2/h6-9,16H,3-5H2,1-2H3,(H,13,14,15);1-2H3. The van der Waals surface area contributed by atoms with Gasteiger partial charge in [0.2, 0.25) is 0 Å². The van der Waals surface area contributed by atoms with Crippen molar-refractivity contribution in [2.75, 3.05) is 12.4 Å². The highest BCUT2D eigenvalue weighted by Gasteiger charge is 2.36. The molecule has 1 saturated heterocycles. The van der Waals surface area contributed by atoms with E-state index in [9.17, 15) is 5.11 Å². The highest BCUT2D eigenvalue weighted by molar-refractivity contribution is 8.01. The fourth-order valence-electron chi connectivity index (χ4n) is 2.01. The number of hydrogen-bond donors (Lipinski definition) is 2. The largest absolute Gasteiger partial charge is 0.394 e. The van der Waals surface area contributed by atoms with Gasteiger partial charge in [0, 0.05) is 0 Å². The smallest absolute Gasteiger partial charge is 0.196 e. The van der Waals surface area contributed by atoms with E-state index in [0.29, 0.717) is 11.2 Å². The molecule has 0 aromatic heterocycles. The second kappa shape index (κ2) is 8.12. The second-order valence-electron chi connectivity index (χ2n) is 4.70. The minimum Gasteiger partial charge on any atom is -0.394 e. The molecule has 2 rings (SSSR count). The van der Waals surface area contributed by atoms with Crippen LogP contribution in [0.25, 0.3) is 0 Å². The van der Waals surface area contributed by atoms with Crippen LogP contribution in [0.5, 0.6) is 0 Å². The predicted octanol–water partition coefficient (Wildman–Crippen LogP) is 2.50. The second-order valence-corrected chi connectivity index (χ2v) is 6.31. The lowest BCUT2D eigenvalue weighted by Gasteiger charge is -2.26. The third-order valence-corrected chi connectivity index (χ3v) is 4.66. The number of aliphatic hydroxyl groups is 1. The van der Waals surface area contributed by atoms with Gasteiger partial charge in [-0.25, -0.2) is 0 Å². The van der Waals surface area contributed by atoms with Gasteiger partial charge in [0.15, 0.2) is 5.29 Å². The lowest BCUT2D eigenvalue weighted by Crippen LogP contribution is -2.45. The molecule has 0 aromatic carbocycles. The minimum atomic E-state index is -0.0677. The summed E-state index contributed by atoms with van der Waals surface area (Å²) >= 11 is 7.83. The Hall–Kier alpha value is -0.260. The summed E-state index contributed by atoms with van der Waals surface area (Å²) < 4.78 is 0. The third-order valence-electron chi connectivity index (χ3n) is 3.10. The number of hydrogen-bond acceptors (Lipinski definition) is 4. The number of halogens is 1. The Morgan fingerprint density at radius 3 is 2.79 bits per heavy atom. The van der Waals surface area contributed by atoms with Crippen LogP contribution in [0.3, 0.4) is 0 Å². The van der Waals surface area contributed by atoms with Crippen LogP contribution in [0.2, 0.25) is 0 Å². The number of nitrogens with one attached hydrogen (secondary N) is 1. The molecule has 0 aromatic rings. The Labute approximate surface area is 125 Å². The molecule has 6 heteroatoms. The number of aliphatic hydroxyl groups excluding tert-OH is 1. The Bertz CT molecular complexity index is 347. The van der Waals surface area contributed by atoms with Gasteiger partial charge in [-0.15, -0.1) is 11.8 Å². The molecule has 110 valence electrons. The summed E-state index contributed by atoms with van der Waals surface area (Å²) in [7, 11) is 0. The van der Waals surface area contributed by atoms with Gasteiger partial charge < -0.3 is 10.4 Å². The van der Waals surface area contributed by atoms with Crippen LogP contribution >= 0.6 is 23.4 Å². The van der Waals surface area contributed by atoms with Gasteiger partial charge in [-0.1, -0.05) is 27.7 Å². The molecule has 3 unspecified atom stereocenters. The summed E-state index contributed by atoms with van der Waals surface area (Å²) in [4.78, 5) is 9.00. The van der Waals surface area contributed by atoms with Crippen molar-refractivity contribution in [1.29, 1.82) is 0 Å². The van der Waals surface area contributed by atoms with Gasteiger partial charge in [0.25, 0.3) is 0 Å². The molecule has 1 fully saturated rings. The van der Waals surface area contributed by atoms with E-state index in [-0.39, 0.29) is 23.9 Å². The molecule has 19 heavy (non-hydrogen) atoms. The Morgan fingerprint density at radius 2 is 2.21 bits per heavy atom. The van der Waals surface area contributed by atoms with Crippen molar-refractivity contribution < 1.29 is 5.11 Å². The van der Waals surface area contributed by atoms with E-state index in [1.54, 1.807) is 0 Å². The number of amidine groups is 2. The number of thioether (sulfide) groups is 1. The summed E-state index contributed by atoms with van der Waals surface area (Å²) in [5, 5.41) is 13.1. The monoisotopic (exact) mass is 305 g/mol. The van der Waals surface area contributed by atoms with E-state index in [1.165, 1.54) is 0 Å². The summed E-state index contributed by atoms with van der Waals surface area (Å²) in [6, 6.07) is 0.181. The van der Waals surface area contributed by atoms with E-state index in [2.05, 4.69) is 29.1 Å². The molecule has 2 aliphatic heterocycles. The fourth-order valence-corrected chi connectivity index (χ4v) is 3.56. The highest BCUT2D eigenvalue weighted by Crippen LogP contribution is 2.32. The number of nitrogens with zero attached hydrogens (tertiary/aromatic N) is 2. The molecule has 3 atom stereocenters. The van der Waals surface area contributed by atoms with Crippen LogP contribution in [-0.4, -0.2) is 45.9 Å². The van der Waals surface area contributed by atoms with Gasteiger partial charge in [0.1, 0.15) is 5.84 Å². The first-order chi connectivity index (χ1) is 9.11. The molecule has 0 saturated carbocycles. The van der Waals surface area contributed by atoms with Gasteiger partial charge in [-0.05, 0) is 29.7 Å². The molecule has 2 aliphatic rings. The lowest BCUT2D eigenvalue weighted by molar-refractivity contribution is 0.239. The van der Waals surface area contributed by atoms with Crippen molar-refractivity contribution in [2.24, 2.45) is 15.9 Å². The molecule has 2 N–H and O–H groups in total. The maximum absolute atomic E-state index is 9.33. The fraction of sp³-hybridized carbons (Fsp3) is 0.846. The van der Waals surface area contributed by atoms with Crippen molar-refractivity contribution in [2.45, 2.75) is 51.4 Å². The molecule has 0 radical (unpaired) electrons. The van der Waals surface area contributed by atoms with Crippen molar-refractivity contribution in [3.63, 3.8) is 0 Å². The van der Waals surface area contributed by atoms with Crippen LogP contribution in [0.4, 0.5) is 0 Å². The van der Waals surface area contributed by atoms with E-state index >= 15 is 0 Å². The molecule has 0 bridgehead atoms. The zero-order valence-electron chi connectivity index (χ0n) is 12.1. The van der Waals surface area contributed by atoms with Gasteiger partial charge in [-0.3, -0.25) is 9.98 Å². The Morgan fingerprint density at radius 1 is 1.53 bits per heavy atom. The number of aliphatic imine (C=N–C) groups is 2. The van der Waals surface area contributed by atoms with Crippen molar-refractivity contribution in [3.05, 3.63) is 0 Å². The molecular weight excluding hydrogens is 282 g/mol. The summed E-state index contributed by atoms with van der Waals surface area (Å²) in [6.07, 6.45) is 1.05. The van der Waals surface area contributed by atoms with E-state index in [0.717, 1.165) is 18.0 Å². The van der Waals surface area contributed by atoms with Gasteiger partial charge in [0.05, 0.1) is 23.9 Å². The van der Waals surface area contributed by atoms with Crippen molar-refractivity contribution >= 4 is 34.5 Å². The topological polar surface area (TPSA) is 57.0 Å². The minimum absolute atomic E-state index is 0.0677. The zero-order valence-corrected chi connectivity index (χ0v) is 13.6. The normalized spacial score (nSPS) is 29.2.